The van der Waals surface area contributed by atoms with Crippen LogP contribution in [0.1, 0.15) is 23.4 Å². The van der Waals surface area contributed by atoms with Crippen LogP contribution in [0.15, 0.2) is 40.6 Å². The maximum absolute atomic E-state index is 5.90. The van der Waals surface area contributed by atoms with Gasteiger partial charge in [-0.15, -0.1) is 23.1 Å². The van der Waals surface area contributed by atoms with Gasteiger partial charge in [0, 0.05) is 26.6 Å². The summed E-state index contributed by atoms with van der Waals surface area (Å²) < 4.78 is 0. The number of benzene rings is 1. The van der Waals surface area contributed by atoms with E-state index in [2.05, 4.69) is 42.7 Å². The van der Waals surface area contributed by atoms with Gasteiger partial charge in [-0.05, 0) is 54.7 Å². The molecular weight excluding hydrogens is 294 g/mol. The third-order valence-corrected chi connectivity index (χ3v) is 5.07. The van der Waals surface area contributed by atoms with Gasteiger partial charge in [-0.3, -0.25) is 0 Å². The zero-order chi connectivity index (χ0) is 13.7. The number of rotatable bonds is 6. The van der Waals surface area contributed by atoms with E-state index in [1.807, 2.05) is 35.2 Å². The van der Waals surface area contributed by atoms with E-state index in [1.54, 1.807) is 0 Å². The Morgan fingerprint density at radius 1 is 1.32 bits per heavy atom. The molecular formula is C15H18ClNS2. The van der Waals surface area contributed by atoms with E-state index in [0.717, 1.165) is 17.3 Å². The minimum Gasteiger partial charge on any atom is -0.309 e. The molecule has 0 saturated carbocycles. The number of hydrogen-bond acceptors (Lipinski definition) is 3. The summed E-state index contributed by atoms with van der Waals surface area (Å²) in [5.41, 5.74) is 1.39. The monoisotopic (exact) mass is 311 g/mol. The van der Waals surface area contributed by atoms with E-state index in [1.165, 1.54) is 15.3 Å². The minimum atomic E-state index is 0.413. The van der Waals surface area contributed by atoms with Crippen molar-refractivity contribution in [3.8, 4) is 0 Å². The summed E-state index contributed by atoms with van der Waals surface area (Å²) >= 11 is 9.58. The van der Waals surface area contributed by atoms with Crippen molar-refractivity contribution in [1.82, 2.24) is 5.32 Å². The maximum atomic E-state index is 5.90. The van der Waals surface area contributed by atoms with E-state index in [9.17, 15) is 0 Å². The molecule has 4 heteroatoms. The lowest BCUT2D eigenvalue weighted by Crippen LogP contribution is -2.22. The van der Waals surface area contributed by atoms with Crippen molar-refractivity contribution in [2.45, 2.75) is 24.8 Å². The highest BCUT2D eigenvalue weighted by Gasteiger charge is 2.12. The van der Waals surface area contributed by atoms with Crippen molar-refractivity contribution in [3.05, 3.63) is 51.2 Å². The third-order valence-electron chi connectivity index (χ3n) is 2.83. The standard InChI is InChI=1S/C15H18ClNS2/c1-3-17-15(12-8-11(2)18-9-12)10-19-14-6-4-13(16)5-7-14/h4-9,15,17H,3,10H2,1-2H3. The SMILES string of the molecule is CCNC(CSc1ccc(Cl)cc1)c1csc(C)c1. The first-order chi connectivity index (χ1) is 9.19. The van der Waals surface area contributed by atoms with Crippen molar-refractivity contribution in [1.29, 1.82) is 0 Å². The van der Waals surface area contributed by atoms with Crippen LogP contribution in [0, 0.1) is 6.92 Å². The zero-order valence-corrected chi connectivity index (χ0v) is 13.5. The topological polar surface area (TPSA) is 12.0 Å². The Morgan fingerprint density at radius 2 is 2.05 bits per heavy atom. The lowest BCUT2D eigenvalue weighted by atomic mass is 10.2. The van der Waals surface area contributed by atoms with Gasteiger partial charge in [0.1, 0.15) is 0 Å². The summed E-state index contributed by atoms with van der Waals surface area (Å²) in [4.78, 5) is 2.63. The molecule has 1 heterocycles. The molecule has 1 N–H and O–H groups in total. The highest BCUT2D eigenvalue weighted by Crippen LogP contribution is 2.28. The van der Waals surface area contributed by atoms with E-state index >= 15 is 0 Å². The Kier molecular flexibility index (Phi) is 5.76. The highest BCUT2D eigenvalue weighted by molar-refractivity contribution is 7.99. The fourth-order valence-corrected chi connectivity index (χ4v) is 3.76. The average Bonchev–Trinajstić information content (AvgIpc) is 2.83. The molecule has 0 aliphatic rings. The van der Waals surface area contributed by atoms with Crippen LogP contribution in [0.25, 0.3) is 0 Å². The summed E-state index contributed by atoms with van der Waals surface area (Å²) in [5.74, 6) is 1.03. The van der Waals surface area contributed by atoms with Gasteiger partial charge in [0.05, 0.1) is 0 Å². The molecule has 0 amide bonds. The number of thioether (sulfide) groups is 1. The van der Waals surface area contributed by atoms with Crippen LogP contribution >= 0.6 is 34.7 Å². The number of aryl methyl sites for hydroxylation is 1. The van der Waals surface area contributed by atoms with Gasteiger partial charge in [0.15, 0.2) is 0 Å². The lowest BCUT2D eigenvalue weighted by Gasteiger charge is -2.16. The second-order valence-electron chi connectivity index (χ2n) is 4.37. The molecule has 102 valence electrons. The van der Waals surface area contributed by atoms with Gasteiger partial charge in [0.2, 0.25) is 0 Å². The molecule has 0 radical (unpaired) electrons. The molecule has 1 aromatic heterocycles. The van der Waals surface area contributed by atoms with Gasteiger partial charge in [-0.1, -0.05) is 18.5 Å². The van der Waals surface area contributed by atoms with Gasteiger partial charge in [-0.2, -0.15) is 0 Å². The molecule has 0 bridgehead atoms. The van der Waals surface area contributed by atoms with Crippen molar-refractivity contribution in [2.24, 2.45) is 0 Å². The summed E-state index contributed by atoms with van der Waals surface area (Å²) in [6.45, 7) is 5.30. The molecule has 0 fully saturated rings. The van der Waals surface area contributed by atoms with Gasteiger partial charge in [0.25, 0.3) is 0 Å². The van der Waals surface area contributed by atoms with Crippen molar-refractivity contribution in [3.63, 3.8) is 0 Å². The van der Waals surface area contributed by atoms with E-state index in [-0.39, 0.29) is 0 Å². The van der Waals surface area contributed by atoms with Crippen LogP contribution in [0.4, 0.5) is 0 Å². The maximum Gasteiger partial charge on any atom is 0.0423 e. The molecule has 0 aliphatic heterocycles. The summed E-state index contributed by atoms with van der Waals surface area (Å²) in [6, 6.07) is 10.7. The molecule has 0 saturated heterocycles. The lowest BCUT2D eigenvalue weighted by molar-refractivity contribution is 0.607. The normalized spacial score (nSPS) is 12.6. The van der Waals surface area contributed by atoms with Gasteiger partial charge >= 0.3 is 0 Å². The van der Waals surface area contributed by atoms with Gasteiger partial charge in [-0.25, -0.2) is 0 Å². The van der Waals surface area contributed by atoms with E-state index < -0.39 is 0 Å². The summed E-state index contributed by atoms with van der Waals surface area (Å²) in [7, 11) is 0. The quantitative estimate of drug-likeness (QED) is 0.740. The molecule has 1 nitrogen and oxygen atoms in total. The predicted octanol–water partition coefficient (Wildman–Crippen LogP) is 5.15. The Morgan fingerprint density at radius 3 is 2.63 bits per heavy atom. The second kappa shape index (κ2) is 7.34. The van der Waals surface area contributed by atoms with Crippen LogP contribution in [0.5, 0.6) is 0 Å². The van der Waals surface area contributed by atoms with Crippen molar-refractivity contribution < 1.29 is 0 Å². The number of hydrogen-bond donors (Lipinski definition) is 1. The van der Waals surface area contributed by atoms with Crippen LogP contribution in [0.3, 0.4) is 0 Å². The van der Waals surface area contributed by atoms with Crippen molar-refractivity contribution >= 4 is 34.7 Å². The molecule has 1 aromatic carbocycles. The molecule has 0 spiro atoms. The van der Waals surface area contributed by atoms with Crippen LogP contribution in [-0.4, -0.2) is 12.3 Å². The predicted molar refractivity (Wildman–Crippen MR) is 87.6 cm³/mol. The smallest absolute Gasteiger partial charge is 0.0423 e. The Bertz CT molecular complexity index is 507. The number of thiophene rings is 1. The first kappa shape index (κ1) is 14.9. The van der Waals surface area contributed by atoms with Crippen molar-refractivity contribution in [2.75, 3.05) is 12.3 Å². The van der Waals surface area contributed by atoms with Gasteiger partial charge < -0.3 is 5.32 Å². The number of nitrogens with one attached hydrogen (secondary N) is 1. The first-order valence-electron chi connectivity index (χ1n) is 6.36. The average molecular weight is 312 g/mol. The molecule has 0 aliphatic carbocycles. The number of halogens is 1. The Hall–Kier alpha value is -0.480. The minimum absolute atomic E-state index is 0.413. The van der Waals surface area contributed by atoms with Crippen LogP contribution in [-0.2, 0) is 0 Å². The van der Waals surface area contributed by atoms with Crippen LogP contribution in [0.2, 0.25) is 5.02 Å². The summed E-state index contributed by atoms with van der Waals surface area (Å²) in [5, 5.41) is 6.60. The molecule has 1 atom stereocenters. The highest BCUT2D eigenvalue weighted by atomic mass is 35.5. The van der Waals surface area contributed by atoms with Crippen LogP contribution < -0.4 is 5.32 Å². The fourth-order valence-electron chi connectivity index (χ4n) is 1.88. The summed E-state index contributed by atoms with van der Waals surface area (Å²) in [6.07, 6.45) is 0. The fraction of sp³-hybridized carbons (Fsp3) is 0.333. The zero-order valence-electron chi connectivity index (χ0n) is 11.2. The van der Waals surface area contributed by atoms with E-state index in [0.29, 0.717) is 6.04 Å². The molecule has 2 aromatic rings. The first-order valence-corrected chi connectivity index (χ1v) is 8.60. The Labute approximate surface area is 128 Å². The largest absolute Gasteiger partial charge is 0.309 e. The second-order valence-corrected chi connectivity index (χ2v) is 7.01. The molecule has 1 unspecified atom stereocenters. The molecule has 19 heavy (non-hydrogen) atoms. The molecule has 2 rings (SSSR count). The third kappa shape index (κ3) is 4.53. The Balaban J connectivity index is 1.99. The van der Waals surface area contributed by atoms with E-state index in [4.69, 9.17) is 11.6 Å².